The summed E-state index contributed by atoms with van der Waals surface area (Å²) in [5.41, 5.74) is 1.94. The number of carbonyl (C=O) groups is 2. The van der Waals surface area contributed by atoms with Crippen LogP contribution in [0.5, 0.6) is 0 Å². The van der Waals surface area contributed by atoms with Crippen LogP contribution in [0, 0.1) is 0 Å². The van der Waals surface area contributed by atoms with Gasteiger partial charge in [-0.15, -0.1) is 0 Å². The molecule has 0 radical (unpaired) electrons. The number of nitrogens with zero attached hydrogens (tertiary/aromatic N) is 2. The Morgan fingerprint density at radius 1 is 1.26 bits per heavy atom. The lowest BCUT2D eigenvalue weighted by Gasteiger charge is -2.21. The number of benzene rings is 1. The first-order valence-corrected chi connectivity index (χ1v) is 7.64. The standard InChI is InChI=1S/C17H22N4O2/c1-4-8-13-11-14(20-19-13)16(22)18-15(17(23)21(2)3)12-9-6-5-7-10-12/h5-7,9-11,15H,4,8H2,1-3H3,(H,18,22)(H,19,20). The summed E-state index contributed by atoms with van der Waals surface area (Å²) >= 11 is 0. The van der Waals surface area contributed by atoms with E-state index in [1.807, 2.05) is 30.3 Å². The van der Waals surface area contributed by atoms with Crippen molar-refractivity contribution in [3.8, 4) is 0 Å². The van der Waals surface area contributed by atoms with Crippen molar-refractivity contribution in [1.82, 2.24) is 20.4 Å². The van der Waals surface area contributed by atoms with Crippen molar-refractivity contribution in [2.24, 2.45) is 0 Å². The van der Waals surface area contributed by atoms with E-state index < -0.39 is 6.04 Å². The normalized spacial score (nSPS) is 11.8. The van der Waals surface area contributed by atoms with Gasteiger partial charge in [-0.05, 0) is 18.1 Å². The number of aromatic amines is 1. The predicted octanol–water partition coefficient (Wildman–Crippen LogP) is 1.92. The zero-order valence-electron chi connectivity index (χ0n) is 13.7. The van der Waals surface area contributed by atoms with E-state index in [1.54, 1.807) is 20.2 Å². The highest BCUT2D eigenvalue weighted by atomic mass is 16.2. The van der Waals surface area contributed by atoms with Crippen molar-refractivity contribution >= 4 is 11.8 Å². The number of hydrogen-bond donors (Lipinski definition) is 2. The first-order valence-electron chi connectivity index (χ1n) is 7.64. The smallest absolute Gasteiger partial charge is 0.272 e. The second kappa shape index (κ2) is 7.58. The van der Waals surface area contributed by atoms with Gasteiger partial charge in [-0.2, -0.15) is 5.10 Å². The Hall–Kier alpha value is -2.63. The van der Waals surface area contributed by atoms with Crippen molar-refractivity contribution in [2.45, 2.75) is 25.8 Å². The number of carbonyl (C=O) groups excluding carboxylic acids is 2. The Kier molecular flexibility index (Phi) is 5.51. The van der Waals surface area contributed by atoms with Gasteiger partial charge in [-0.1, -0.05) is 43.7 Å². The Labute approximate surface area is 135 Å². The summed E-state index contributed by atoms with van der Waals surface area (Å²) in [5.74, 6) is -0.554. The zero-order valence-corrected chi connectivity index (χ0v) is 13.7. The van der Waals surface area contributed by atoms with Crippen LogP contribution in [0.25, 0.3) is 0 Å². The summed E-state index contributed by atoms with van der Waals surface area (Å²) in [6, 6.07) is 10.2. The third-order valence-electron chi connectivity index (χ3n) is 3.48. The van der Waals surface area contributed by atoms with E-state index in [2.05, 4.69) is 22.4 Å². The molecule has 0 aliphatic heterocycles. The molecule has 0 fully saturated rings. The van der Waals surface area contributed by atoms with Crippen LogP contribution in [0.3, 0.4) is 0 Å². The van der Waals surface area contributed by atoms with Crippen LogP contribution in [0.4, 0.5) is 0 Å². The monoisotopic (exact) mass is 314 g/mol. The van der Waals surface area contributed by atoms with E-state index in [1.165, 1.54) is 4.90 Å². The van der Waals surface area contributed by atoms with Gasteiger partial charge < -0.3 is 10.2 Å². The molecule has 1 heterocycles. The second-order valence-corrected chi connectivity index (χ2v) is 5.58. The molecule has 0 spiro atoms. The molecule has 6 heteroatoms. The number of hydrogen-bond acceptors (Lipinski definition) is 3. The minimum atomic E-state index is -0.731. The van der Waals surface area contributed by atoms with Gasteiger partial charge in [0.15, 0.2) is 0 Å². The van der Waals surface area contributed by atoms with E-state index in [0.717, 1.165) is 24.1 Å². The van der Waals surface area contributed by atoms with Crippen LogP contribution in [-0.2, 0) is 11.2 Å². The van der Waals surface area contributed by atoms with Crippen LogP contribution in [0.1, 0.15) is 41.1 Å². The highest BCUT2D eigenvalue weighted by Gasteiger charge is 2.25. The van der Waals surface area contributed by atoms with Gasteiger partial charge in [0.05, 0.1) is 0 Å². The Balaban J connectivity index is 2.19. The maximum atomic E-state index is 12.4. The third-order valence-corrected chi connectivity index (χ3v) is 3.48. The summed E-state index contributed by atoms with van der Waals surface area (Å²) in [7, 11) is 3.33. The van der Waals surface area contributed by atoms with E-state index in [-0.39, 0.29) is 11.8 Å². The third kappa shape index (κ3) is 4.18. The van der Waals surface area contributed by atoms with E-state index in [4.69, 9.17) is 0 Å². The molecule has 1 aromatic carbocycles. The van der Waals surface area contributed by atoms with Crippen molar-refractivity contribution in [1.29, 1.82) is 0 Å². The SMILES string of the molecule is CCCc1cc(C(=O)NC(C(=O)N(C)C)c2ccccc2)n[nH]1. The largest absolute Gasteiger partial charge is 0.347 e. The molecule has 2 N–H and O–H groups in total. The van der Waals surface area contributed by atoms with Gasteiger partial charge in [0.25, 0.3) is 5.91 Å². The topological polar surface area (TPSA) is 78.1 Å². The van der Waals surface area contributed by atoms with Crippen LogP contribution >= 0.6 is 0 Å². The molecular formula is C17H22N4O2. The molecule has 0 saturated carbocycles. The molecule has 0 aliphatic carbocycles. The van der Waals surface area contributed by atoms with Crippen LogP contribution in [0.2, 0.25) is 0 Å². The predicted molar refractivity (Wildman–Crippen MR) is 87.9 cm³/mol. The second-order valence-electron chi connectivity index (χ2n) is 5.58. The quantitative estimate of drug-likeness (QED) is 0.855. The molecule has 1 atom stereocenters. The highest BCUT2D eigenvalue weighted by Crippen LogP contribution is 2.15. The molecule has 1 aromatic heterocycles. The Bertz CT molecular complexity index is 664. The van der Waals surface area contributed by atoms with Crippen molar-refractivity contribution in [3.05, 3.63) is 53.3 Å². The van der Waals surface area contributed by atoms with Crippen LogP contribution in [0.15, 0.2) is 36.4 Å². The molecule has 6 nitrogen and oxygen atoms in total. The van der Waals surface area contributed by atoms with E-state index in [0.29, 0.717) is 5.69 Å². The number of nitrogens with one attached hydrogen (secondary N) is 2. The van der Waals surface area contributed by atoms with Gasteiger partial charge in [0.2, 0.25) is 5.91 Å². The molecule has 0 saturated heterocycles. The first-order chi connectivity index (χ1) is 11.0. The minimum absolute atomic E-state index is 0.186. The fourth-order valence-corrected chi connectivity index (χ4v) is 2.27. The minimum Gasteiger partial charge on any atom is -0.347 e. The number of amides is 2. The van der Waals surface area contributed by atoms with Gasteiger partial charge in [-0.3, -0.25) is 14.7 Å². The summed E-state index contributed by atoms with van der Waals surface area (Å²) < 4.78 is 0. The zero-order chi connectivity index (χ0) is 16.8. The molecular weight excluding hydrogens is 292 g/mol. The summed E-state index contributed by atoms with van der Waals surface area (Å²) in [6.45, 7) is 2.06. The maximum Gasteiger partial charge on any atom is 0.272 e. The molecule has 0 aliphatic rings. The van der Waals surface area contributed by atoms with Crippen LogP contribution < -0.4 is 5.32 Å². The number of H-pyrrole nitrogens is 1. The van der Waals surface area contributed by atoms with Gasteiger partial charge in [0, 0.05) is 19.8 Å². The van der Waals surface area contributed by atoms with Gasteiger partial charge >= 0.3 is 0 Å². The fourth-order valence-electron chi connectivity index (χ4n) is 2.27. The number of aromatic nitrogens is 2. The van der Waals surface area contributed by atoms with Crippen molar-refractivity contribution < 1.29 is 9.59 Å². The van der Waals surface area contributed by atoms with Crippen molar-refractivity contribution in [2.75, 3.05) is 14.1 Å². The van der Waals surface area contributed by atoms with E-state index in [9.17, 15) is 9.59 Å². The maximum absolute atomic E-state index is 12.4. The summed E-state index contributed by atoms with van der Waals surface area (Å²) in [5, 5.41) is 9.64. The van der Waals surface area contributed by atoms with Gasteiger partial charge in [-0.25, -0.2) is 0 Å². The van der Waals surface area contributed by atoms with E-state index >= 15 is 0 Å². The molecule has 2 aromatic rings. The number of rotatable bonds is 6. The highest BCUT2D eigenvalue weighted by molar-refractivity contribution is 5.96. The molecule has 2 rings (SSSR count). The summed E-state index contributed by atoms with van der Waals surface area (Å²) in [4.78, 5) is 26.3. The molecule has 23 heavy (non-hydrogen) atoms. The van der Waals surface area contributed by atoms with Crippen molar-refractivity contribution in [3.63, 3.8) is 0 Å². The first kappa shape index (κ1) is 16.7. The average molecular weight is 314 g/mol. The van der Waals surface area contributed by atoms with Gasteiger partial charge in [0.1, 0.15) is 11.7 Å². The average Bonchev–Trinajstić information content (AvgIpc) is 3.01. The number of likely N-dealkylation sites (N-methyl/N-ethyl adjacent to an activating group) is 1. The Morgan fingerprint density at radius 2 is 1.96 bits per heavy atom. The summed E-state index contributed by atoms with van der Waals surface area (Å²) in [6.07, 6.45) is 1.80. The number of aryl methyl sites for hydroxylation is 1. The van der Waals surface area contributed by atoms with Crippen LogP contribution in [-0.4, -0.2) is 41.0 Å². The Morgan fingerprint density at radius 3 is 2.57 bits per heavy atom. The molecule has 122 valence electrons. The lowest BCUT2D eigenvalue weighted by Crippen LogP contribution is -2.40. The lowest BCUT2D eigenvalue weighted by atomic mass is 10.1. The molecule has 2 amide bonds. The molecule has 1 unspecified atom stereocenters. The lowest BCUT2D eigenvalue weighted by molar-refractivity contribution is -0.130. The fraction of sp³-hybridized carbons (Fsp3) is 0.353. The molecule has 0 bridgehead atoms.